The monoisotopic (exact) mass is 353 g/mol. The molecule has 1 N–H and O–H groups in total. The number of nitrogens with zero attached hydrogens (tertiary/aromatic N) is 4. The highest BCUT2D eigenvalue weighted by molar-refractivity contribution is 5.55. The largest absolute Gasteiger partial charge is 0.433 e. The number of halogens is 3. The maximum absolute atomic E-state index is 12.6. The standard InChI is InChI=1S/C17H22F3N5/c1-4-7-12-10-15(25(5-2)6-3)24-16(22-12)23-13-8-9-14(21-11-13)17(18,19)20/h8-11H,4-7H2,1-3H3,(H,22,23,24). The molecule has 2 aromatic rings. The van der Waals surface area contributed by atoms with Crippen LogP contribution in [0.1, 0.15) is 38.6 Å². The van der Waals surface area contributed by atoms with Crippen molar-refractivity contribution in [3.8, 4) is 0 Å². The number of anilines is 3. The van der Waals surface area contributed by atoms with E-state index >= 15 is 0 Å². The van der Waals surface area contributed by atoms with Crippen LogP contribution in [0, 0.1) is 0 Å². The van der Waals surface area contributed by atoms with Gasteiger partial charge in [0, 0.05) is 24.8 Å². The Kier molecular flexibility index (Phi) is 6.17. The molecule has 0 unspecified atom stereocenters. The van der Waals surface area contributed by atoms with E-state index in [1.807, 2.05) is 19.9 Å². The summed E-state index contributed by atoms with van der Waals surface area (Å²) in [5.74, 6) is 1.15. The summed E-state index contributed by atoms with van der Waals surface area (Å²) in [5, 5.41) is 2.95. The summed E-state index contributed by atoms with van der Waals surface area (Å²) in [6, 6.07) is 4.21. The first-order valence-corrected chi connectivity index (χ1v) is 8.30. The smallest absolute Gasteiger partial charge is 0.357 e. The Morgan fingerprint density at radius 1 is 1.08 bits per heavy atom. The molecular formula is C17H22F3N5. The topological polar surface area (TPSA) is 53.9 Å². The first-order valence-electron chi connectivity index (χ1n) is 8.30. The lowest BCUT2D eigenvalue weighted by Gasteiger charge is -2.21. The molecule has 0 saturated carbocycles. The van der Waals surface area contributed by atoms with Gasteiger partial charge in [-0.15, -0.1) is 0 Å². The fraction of sp³-hybridized carbons (Fsp3) is 0.471. The van der Waals surface area contributed by atoms with Crippen LogP contribution in [0.2, 0.25) is 0 Å². The molecule has 0 saturated heterocycles. The van der Waals surface area contributed by atoms with Crippen LogP contribution < -0.4 is 10.2 Å². The molecule has 0 bridgehead atoms. The minimum absolute atomic E-state index is 0.356. The van der Waals surface area contributed by atoms with Crippen LogP contribution in [0.3, 0.4) is 0 Å². The molecule has 0 atom stereocenters. The molecule has 2 aromatic heterocycles. The number of aryl methyl sites for hydroxylation is 1. The quantitative estimate of drug-likeness (QED) is 0.798. The highest BCUT2D eigenvalue weighted by Crippen LogP contribution is 2.28. The van der Waals surface area contributed by atoms with Crippen LogP contribution in [0.15, 0.2) is 24.4 Å². The molecular weight excluding hydrogens is 331 g/mol. The molecule has 0 aliphatic carbocycles. The second-order valence-electron chi connectivity index (χ2n) is 5.52. The first kappa shape index (κ1) is 19.0. The number of hydrogen-bond acceptors (Lipinski definition) is 5. The SMILES string of the molecule is CCCc1cc(N(CC)CC)nc(Nc2ccc(C(F)(F)F)nc2)n1. The molecule has 0 fully saturated rings. The zero-order valence-electron chi connectivity index (χ0n) is 14.6. The summed E-state index contributed by atoms with van der Waals surface area (Å²) >= 11 is 0. The lowest BCUT2D eigenvalue weighted by Crippen LogP contribution is -2.23. The highest BCUT2D eigenvalue weighted by atomic mass is 19.4. The molecule has 0 aliphatic rings. The Labute approximate surface area is 145 Å². The first-order chi connectivity index (χ1) is 11.9. The van der Waals surface area contributed by atoms with Crippen LogP contribution in [-0.4, -0.2) is 28.0 Å². The maximum Gasteiger partial charge on any atom is 0.433 e. The van der Waals surface area contributed by atoms with Gasteiger partial charge in [0.25, 0.3) is 0 Å². The normalized spacial score (nSPS) is 11.4. The van der Waals surface area contributed by atoms with Crippen molar-refractivity contribution in [2.75, 3.05) is 23.3 Å². The van der Waals surface area contributed by atoms with Crippen molar-refractivity contribution in [3.63, 3.8) is 0 Å². The zero-order valence-corrected chi connectivity index (χ0v) is 14.6. The van der Waals surface area contributed by atoms with Crippen molar-refractivity contribution in [3.05, 3.63) is 35.8 Å². The van der Waals surface area contributed by atoms with E-state index in [0.29, 0.717) is 11.6 Å². The van der Waals surface area contributed by atoms with Gasteiger partial charge < -0.3 is 10.2 Å². The van der Waals surface area contributed by atoms with Crippen molar-refractivity contribution >= 4 is 17.5 Å². The lowest BCUT2D eigenvalue weighted by molar-refractivity contribution is -0.141. The van der Waals surface area contributed by atoms with Crippen molar-refractivity contribution in [1.82, 2.24) is 15.0 Å². The van der Waals surface area contributed by atoms with Gasteiger partial charge in [0.2, 0.25) is 5.95 Å². The number of hydrogen-bond donors (Lipinski definition) is 1. The molecule has 0 amide bonds. The van der Waals surface area contributed by atoms with E-state index in [9.17, 15) is 13.2 Å². The average molecular weight is 353 g/mol. The van der Waals surface area contributed by atoms with Crippen LogP contribution >= 0.6 is 0 Å². The molecule has 0 spiro atoms. The van der Waals surface area contributed by atoms with Gasteiger partial charge in [-0.2, -0.15) is 18.2 Å². The Morgan fingerprint density at radius 2 is 1.80 bits per heavy atom. The van der Waals surface area contributed by atoms with Gasteiger partial charge in [0.05, 0.1) is 11.9 Å². The van der Waals surface area contributed by atoms with E-state index in [-0.39, 0.29) is 0 Å². The summed E-state index contributed by atoms with van der Waals surface area (Å²) in [6.45, 7) is 7.75. The van der Waals surface area contributed by atoms with Crippen molar-refractivity contribution in [1.29, 1.82) is 0 Å². The predicted octanol–water partition coefficient (Wildman–Crippen LogP) is 4.43. The van der Waals surface area contributed by atoms with Crippen LogP contribution in [0.25, 0.3) is 0 Å². The Morgan fingerprint density at radius 3 is 2.32 bits per heavy atom. The van der Waals surface area contributed by atoms with E-state index in [1.54, 1.807) is 0 Å². The van der Waals surface area contributed by atoms with Gasteiger partial charge in [0.1, 0.15) is 11.5 Å². The zero-order chi connectivity index (χ0) is 18.4. The molecule has 2 heterocycles. The number of alkyl halides is 3. The van der Waals surface area contributed by atoms with Gasteiger partial charge in [0.15, 0.2) is 0 Å². The van der Waals surface area contributed by atoms with Gasteiger partial charge in [-0.1, -0.05) is 13.3 Å². The fourth-order valence-electron chi connectivity index (χ4n) is 2.40. The lowest BCUT2D eigenvalue weighted by atomic mass is 10.2. The third-order valence-electron chi connectivity index (χ3n) is 3.67. The Balaban J connectivity index is 2.28. The van der Waals surface area contributed by atoms with E-state index < -0.39 is 11.9 Å². The summed E-state index contributed by atoms with van der Waals surface area (Å²) in [5.41, 5.74) is 0.372. The van der Waals surface area contributed by atoms with Gasteiger partial charge >= 0.3 is 6.18 Å². The van der Waals surface area contributed by atoms with Crippen LogP contribution in [-0.2, 0) is 12.6 Å². The molecule has 2 rings (SSSR count). The van der Waals surface area contributed by atoms with Crippen LogP contribution in [0.4, 0.5) is 30.6 Å². The summed E-state index contributed by atoms with van der Waals surface area (Å²) in [4.78, 5) is 14.5. The summed E-state index contributed by atoms with van der Waals surface area (Å²) in [6.07, 6.45) is -1.57. The van der Waals surface area contributed by atoms with Crippen molar-refractivity contribution in [2.45, 2.75) is 39.8 Å². The van der Waals surface area contributed by atoms with Gasteiger partial charge in [-0.25, -0.2) is 9.97 Å². The van der Waals surface area contributed by atoms with E-state index in [0.717, 1.165) is 49.7 Å². The average Bonchev–Trinajstić information content (AvgIpc) is 2.56. The molecule has 0 radical (unpaired) electrons. The van der Waals surface area contributed by atoms with E-state index in [1.165, 1.54) is 6.07 Å². The third kappa shape index (κ3) is 5.04. The molecule has 5 nitrogen and oxygen atoms in total. The maximum atomic E-state index is 12.6. The van der Waals surface area contributed by atoms with Gasteiger partial charge in [-0.3, -0.25) is 0 Å². The number of aromatic nitrogens is 3. The molecule has 0 aliphatic heterocycles. The van der Waals surface area contributed by atoms with Crippen molar-refractivity contribution in [2.24, 2.45) is 0 Å². The second kappa shape index (κ2) is 8.13. The van der Waals surface area contributed by atoms with E-state index in [2.05, 4.69) is 32.1 Å². The number of rotatable bonds is 7. The summed E-state index contributed by atoms with van der Waals surface area (Å²) < 4.78 is 37.8. The minimum Gasteiger partial charge on any atom is -0.357 e. The number of pyridine rings is 1. The van der Waals surface area contributed by atoms with Gasteiger partial charge in [-0.05, 0) is 32.4 Å². The predicted molar refractivity (Wildman–Crippen MR) is 92.1 cm³/mol. The molecule has 25 heavy (non-hydrogen) atoms. The highest BCUT2D eigenvalue weighted by Gasteiger charge is 2.32. The Hall–Kier alpha value is -2.38. The molecule has 136 valence electrons. The van der Waals surface area contributed by atoms with Crippen molar-refractivity contribution < 1.29 is 13.2 Å². The minimum atomic E-state index is -4.45. The molecule has 0 aromatic carbocycles. The molecule has 8 heteroatoms. The van der Waals surface area contributed by atoms with E-state index in [4.69, 9.17) is 0 Å². The number of nitrogens with one attached hydrogen (secondary N) is 1. The Bertz CT molecular complexity index is 682. The third-order valence-corrected chi connectivity index (χ3v) is 3.67. The van der Waals surface area contributed by atoms with Crippen LogP contribution in [0.5, 0.6) is 0 Å². The fourth-order valence-corrected chi connectivity index (χ4v) is 2.40. The summed E-state index contributed by atoms with van der Waals surface area (Å²) in [7, 11) is 0. The second-order valence-corrected chi connectivity index (χ2v) is 5.52.